The Morgan fingerprint density at radius 1 is 0.250 bits per heavy atom. The Bertz CT molecular complexity index is 3150. The lowest BCUT2D eigenvalue weighted by atomic mass is 9.98. The van der Waals surface area contributed by atoms with Gasteiger partial charge in [-0.1, -0.05) is 121 Å². The number of benzene rings is 8. The highest BCUT2D eigenvalue weighted by atomic mass is 15.0. The zero-order chi connectivity index (χ0) is 37.0. The van der Waals surface area contributed by atoms with Gasteiger partial charge in [-0.05, 0) is 123 Å². The average Bonchev–Trinajstić information content (AvgIpc) is 3.79. The van der Waals surface area contributed by atoms with Crippen LogP contribution in [-0.2, 0) is 0 Å². The first-order valence-corrected chi connectivity index (χ1v) is 19.1. The number of hydrogen-bond donors (Lipinski definition) is 0. The Morgan fingerprint density at radius 2 is 0.661 bits per heavy atom. The van der Waals surface area contributed by atoms with Gasteiger partial charge in [0.05, 0.1) is 22.1 Å². The van der Waals surface area contributed by atoms with Crippen LogP contribution >= 0.6 is 0 Å². The summed E-state index contributed by atoms with van der Waals surface area (Å²) in [7, 11) is 0. The van der Waals surface area contributed by atoms with Gasteiger partial charge in [0.15, 0.2) is 0 Å². The third-order valence-corrected chi connectivity index (χ3v) is 11.2. The van der Waals surface area contributed by atoms with E-state index in [0.717, 1.165) is 22.5 Å². The molecule has 0 unspecified atom stereocenters. The van der Waals surface area contributed by atoms with Crippen molar-refractivity contribution in [2.45, 2.75) is 0 Å². The zero-order valence-corrected chi connectivity index (χ0v) is 30.5. The predicted octanol–water partition coefficient (Wildman–Crippen LogP) is 13.9. The minimum absolute atomic E-state index is 1.13. The van der Waals surface area contributed by atoms with Crippen LogP contribution in [0.3, 0.4) is 0 Å². The number of rotatable bonds is 6. The topological polar surface area (TPSA) is 22.8 Å². The number of hydrogen-bond acceptors (Lipinski definition) is 1. The highest BCUT2D eigenvalue weighted by Crippen LogP contribution is 2.40. The second-order valence-electron chi connectivity index (χ2n) is 14.5. The summed E-state index contributed by atoms with van der Waals surface area (Å²) in [4.78, 5) is 4.29. The summed E-state index contributed by atoms with van der Waals surface area (Å²) >= 11 is 0. The molecule has 3 heterocycles. The average molecular weight is 714 g/mol. The Morgan fingerprint density at radius 3 is 1.21 bits per heavy atom. The third-order valence-electron chi connectivity index (χ3n) is 11.2. The molecule has 0 atom stereocenters. The molecule has 3 heteroatoms. The van der Waals surface area contributed by atoms with Crippen molar-refractivity contribution in [2.24, 2.45) is 0 Å². The van der Waals surface area contributed by atoms with Gasteiger partial charge in [0.2, 0.25) is 0 Å². The predicted molar refractivity (Wildman–Crippen MR) is 235 cm³/mol. The monoisotopic (exact) mass is 713 g/mol. The maximum Gasteiger partial charge on any atom is 0.0541 e. The minimum Gasteiger partial charge on any atom is -0.309 e. The highest BCUT2D eigenvalue weighted by Gasteiger charge is 2.17. The van der Waals surface area contributed by atoms with Crippen LogP contribution in [0, 0.1) is 0 Å². The number of para-hydroxylation sites is 2. The van der Waals surface area contributed by atoms with Crippen LogP contribution in [0.5, 0.6) is 0 Å². The third kappa shape index (κ3) is 5.32. The molecule has 3 aromatic heterocycles. The quantitative estimate of drug-likeness (QED) is 0.168. The summed E-state index contributed by atoms with van der Waals surface area (Å²) in [6.45, 7) is 0. The number of nitrogens with zero attached hydrogens (tertiary/aromatic N) is 3. The van der Waals surface area contributed by atoms with Crippen molar-refractivity contribution in [2.75, 3.05) is 0 Å². The molecular formula is C53H35N3. The van der Waals surface area contributed by atoms with Crippen molar-refractivity contribution in [1.82, 2.24) is 14.1 Å². The lowest BCUT2D eigenvalue weighted by Crippen LogP contribution is -1.96. The minimum atomic E-state index is 1.13. The first-order valence-electron chi connectivity index (χ1n) is 19.1. The largest absolute Gasteiger partial charge is 0.309 e. The molecule has 0 bridgehead atoms. The Kier molecular flexibility index (Phi) is 7.49. The highest BCUT2D eigenvalue weighted by molar-refractivity contribution is 6.12. The van der Waals surface area contributed by atoms with Crippen molar-refractivity contribution in [3.63, 3.8) is 0 Å². The molecule has 0 radical (unpaired) electrons. The van der Waals surface area contributed by atoms with E-state index >= 15 is 0 Å². The molecule has 0 amide bonds. The summed E-state index contributed by atoms with van der Waals surface area (Å²) in [5.41, 5.74) is 16.5. The van der Waals surface area contributed by atoms with Crippen LogP contribution in [0.25, 0.3) is 99.5 Å². The number of aromatic nitrogens is 3. The lowest BCUT2D eigenvalue weighted by molar-refractivity contribution is 1.18. The van der Waals surface area contributed by atoms with Crippen molar-refractivity contribution in [3.05, 3.63) is 213 Å². The summed E-state index contributed by atoms with van der Waals surface area (Å²) in [5.74, 6) is 0. The first-order chi connectivity index (χ1) is 27.8. The molecule has 0 aliphatic rings. The van der Waals surface area contributed by atoms with E-state index in [2.05, 4.69) is 214 Å². The van der Waals surface area contributed by atoms with E-state index in [4.69, 9.17) is 0 Å². The van der Waals surface area contributed by atoms with Crippen LogP contribution in [0.4, 0.5) is 0 Å². The number of fused-ring (bicyclic) bond motifs is 6. The van der Waals surface area contributed by atoms with Crippen molar-refractivity contribution >= 4 is 43.6 Å². The van der Waals surface area contributed by atoms with E-state index in [1.54, 1.807) is 0 Å². The normalized spacial score (nSPS) is 11.6. The van der Waals surface area contributed by atoms with Crippen molar-refractivity contribution in [3.8, 4) is 55.9 Å². The number of pyridine rings is 1. The molecule has 8 aromatic carbocycles. The summed E-state index contributed by atoms with van der Waals surface area (Å²) in [6, 6.07) is 72.7. The molecule has 56 heavy (non-hydrogen) atoms. The lowest BCUT2D eigenvalue weighted by Gasteiger charge is -2.14. The standard InChI is InChI=1S/C53H35N3/c1-3-11-36(12-4-1)38-19-23-44(24-20-38)55-50-17-9-7-15-46(50)48-34-40(21-25-52(48)55)41-22-26-53-49(35-41)47-16-8-10-18-51(47)56(53)45-32-42(37-13-5-2-6-14-37)31-43(33-45)39-27-29-54-30-28-39/h1-35H. The molecule has 0 aliphatic heterocycles. The van der Waals surface area contributed by atoms with Gasteiger partial charge in [-0.3, -0.25) is 4.98 Å². The molecule has 11 rings (SSSR count). The van der Waals surface area contributed by atoms with Crippen LogP contribution < -0.4 is 0 Å². The van der Waals surface area contributed by atoms with Crippen LogP contribution in [0.1, 0.15) is 0 Å². The molecule has 262 valence electrons. The second kappa shape index (κ2) is 13.1. The van der Waals surface area contributed by atoms with E-state index in [1.165, 1.54) is 77.0 Å². The molecule has 0 spiro atoms. The first kappa shape index (κ1) is 32.0. The van der Waals surface area contributed by atoms with Gasteiger partial charge >= 0.3 is 0 Å². The zero-order valence-electron chi connectivity index (χ0n) is 30.5. The second-order valence-corrected chi connectivity index (χ2v) is 14.5. The Labute approximate surface area is 325 Å². The van der Waals surface area contributed by atoms with E-state index in [1.807, 2.05) is 12.4 Å². The van der Waals surface area contributed by atoms with Gasteiger partial charge < -0.3 is 9.13 Å². The van der Waals surface area contributed by atoms with Crippen molar-refractivity contribution < 1.29 is 0 Å². The van der Waals surface area contributed by atoms with Gasteiger partial charge in [0.1, 0.15) is 0 Å². The Balaban J connectivity index is 1.06. The van der Waals surface area contributed by atoms with Gasteiger partial charge in [0, 0.05) is 45.3 Å². The molecule has 0 saturated heterocycles. The van der Waals surface area contributed by atoms with Gasteiger partial charge in [-0.15, -0.1) is 0 Å². The Hall–Kier alpha value is -7.49. The van der Waals surface area contributed by atoms with E-state index in [0.29, 0.717) is 0 Å². The molecule has 3 nitrogen and oxygen atoms in total. The fraction of sp³-hybridized carbons (Fsp3) is 0. The van der Waals surface area contributed by atoms with Gasteiger partial charge in [-0.2, -0.15) is 0 Å². The fourth-order valence-electron chi connectivity index (χ4n) is 8.54. The van der Waals surface area contributed by atoms with E-state index in [9.17, 15) is 0 Å². The molecule has 0 saturated carbocycles. The van der Waals surface area contributed by atoms with Gasteiger partial charge in [0.25, 0.3) is 0 Å². The van der Waals surface area contributed by atoms with Crippen molar-refractivity contribution in [1.29, 1.82) is 0 Å². The fourth-order valence-corrected chi connectivity index (χ4v) is 8.54. The molecule has 0 N–H and O–H groups in total. The smallest absolute Gasteiger partial charge is 0.0541 e. The van der Waals surface area contributed by atoms with Gasteiger partial charge in [-0.25, -0.2) is 0 Å². The SMILES string of the molecule is c1ccc(-c2ccc(-n3c4ccccc4c4cc(-c5ccc6c(c5)c5ccccc5n6-c5cc(-c6ccccc6)cc(-c6ccncc6)c5)ccc43)cc2)cc1. The van der Waals surface area contributed by atoms with Crippen LogP contribution in [0.15, 0.2) is 213 Å². The van der Waals surface area contributed by atoms with E-state index in [-0.39, 0.29) is 0 Å². The summed E-state index contributed by atoms with van der Waals surface area (Å²) < 4.78 is 4.81. The molecule has 0 aliphatic carbocycles. The van der Waals surface area contributed by atoms with Crippen LogP contribution in [-0.4, -0.2) is 14.1 Å². The summed E-state index contributed by atoms with van der Waals surface area (Å²) in [6.07, 6.45) is 3.73. The maximum atomic E-state index is 4.29. The molecule has 11 aromatic rings. The molecule has 0 fully saturated rings. The maximum absolute atomic E-state index is 4.29. The molecular weight excluding hydrogens is 679 g/mol. The van der Waals surface area contributed by atoms with E-state index < -0.39 is 0 Å². The summed E-state index contributed by atoms with van der Waals surface area (Å²) in [5, 5.41) is 4.96. The van der Waals surface area contributed by atoms with Crippen LogP contribution in [0.2, 0.25) is 0 Å².